The van der Waals surface area contributed by atoms with Crippen molar-refractivity contribution in [1.29, 1.82) is 0 Å². The Kier molecular flexibility index (Phi) is 16.0. The van der Waals surface area contributed by atoms with E-state index >= 15 is 0 Å². The molecule has 2 aromatic carbocycles. The Morgan fingerprint density at radius 3 is 1.79 bits per heavy atom. The number of anilines is 2. The van der Waals surface area contributed by atoms with Crippen molar-refractivity contribution in [2.45, 2.75) is 127 Å². The number of benzene rings is 2. The van der Waals surface area contributed by atoms with Crippen LogP contribution in [0, 0.1) is 0 Å². The van der Waals surface area contributed by atoms with Crippen LogP contribution in [0.1, 0.15) is 115 Å². The molecule has 0 saturated carbocycles. The molecule has 0 spiro atoms. The molecule has 0 saturated heterocycles. The first-order chi connectivity index (χ1) is 18.0. The van der Waals surface area contributed by atoms with Crippen molar-refractivity contribution < 1.29 is 42.5 Å². The summed E-state index contributed by atoms with van der Waals surface area (Å²) in [6.45, 7) is 2.84. The Morgan fingerprint density at radius 2 is 1.26 bits per heavy atom. The quantitative estimate of drug-likeness (QED) is 0.140. The first-order valence-electron chi connectivity index (χ1n) is 14.7. The number of para-hydroxylation sites is 1. The van der Waals surface area contributed by atoms with Crippen LogP contribution in [0.2, 0.25) is 0 Å². The molecule has 5 nitrogen and oxygen atoms in total. The molecule has 38 heavy (non-hydrogen) atoms. The van der Waals surface area contributed by atoms with Crippen LogP contribution in [0.5, 0.6) is 0 Å². The Bertz CT molecular complexity index is 1020. The van der Waals surface area contributed by atoms with Crippen molar-refractivity contribution in [3.05, 3.63) is 54.1 Å². The topological polar surface area (TPSA) is 72.5 Å². The minimum atomic E-state index is -4.56. The zero-order valence-electron chi connectivity index (χ0n) is 23.8. The zero-order chi connectivity index (χ0) is 26.3. The SMILES string of the molecule is CCCCCCCCCCCCCCCCCC1Nc2cccc(S(=O)(=O)[O-])c2N1Cc1ccccc1.[Na+]. The van der Waals surface area contributed by atoms with Gasteiger partial charge in [0.25, 0.3) is 0 Å². The van der Waals surface area contributed by atoms with Crippen LogP contribution in [0.3, 0.4) is 0 Å². The monoisotopic (exact) mass is 550 g/mol. The molecule has 1 N–H and O–H groups in total. The number of hydrogen-bond acceptors (Lipinski definition) is 5. The van der Waals surface area contributed by atoms with Gasteiger partial charge in [0.15, 0.2) is 0 Å². The van der Waals surface area contributed by atoms with Gasteiger partial charge in [-0.15, -0.1) is 0 Å². The van der Waals surface area contributed by atoms with Gasteiger partial charge in [0.2, 0.25) is 0 Å². The average molecular weight is 551 g/mol. The van der Waals surface area contributed by atoms with Gasteiger partial charge < -0.3 is 14.8 Å². The molecule has 1 aliphatic heterocycles. The van der Waals surface area contributed by atoms with E-state index in [4.69, 9.17) is 0 Å². The first-order valence-corrected chi connectivity index (χ1v) is 16.1. The third kappa shape index (κ3) is 11.2. The molecule has 0 fully saturated rings. The van der Waals surface area contributed by atoms with Gasteiger partial charge in [-0.2, -0.15) is 0 Å². The average Bonchev–Trinajstić information content (AvgIpc) is 3.23. The molecule has 1 aliphatic rings. The van der Waals surface area contributed by atoms with Gasteiger partial charge in [-0.1, -0.05) is 133 Å². The second kappa shape index (κ2) is 18.3. The van der Waals surface area contributed by atoms with Crippen LogP contribution in [0.25, 0.3) is 0 Å². The molecule has 0 radical (unpaired) electrons. The molecule has 1 atom stereocenters. The molecule has 0 bridgehead atoms. The van der Waals surface area contributed by atoms with E-state index in [1.807, 2.05) is 36.4 Å². The van der Waals surface area contributed by atoms with Gasteiger partial charge in [0.1, 0.15) is 10.1 Å². The van der Waals surface area contributed by atoms with E-state index in [1.54, 1.807) is 6.07 Å². The molecule has 3 rings (SSSR count). The fourth-order valence-corrected chi connectivity index (χ4v) is 6.17. The van der Waals surface area contributed by atoms with Crippen LogP contribution in [-0.4, -0.2) is 19.1 Å². The van der Waals surface area contributed by atoms with E-state index in [0.717, 1.165) is 24.1 Å². The van der Waals surface area contributed by atoms with Crippen LogP contribution in [-0.2, 0) is 16.7 Å². The number of unbranched alkanes of at least 4 members (excludes halogenated alkanes) is 14. The Hall–Kier alpha value is -1.05. The summed E-state index contributed by atoms with van der Waals surface area (Å²) in [4.78, 5) is 1.94. The molecular weight excluding hydrogens is 503 g/mol. The summed E-state index contributed by atoms with van der Waals surface area (Å²) in [5.41, 5.74) is 2.35. The molecule has 2 aromatic rings. The summed E-state index contributed by atoms with van der Waals surface area (Å²) in [6.07, 6.45) is 20.9. The summed E-state index contributed by atoms with van der Waals surface area (Å²) in [6, 6.07) is 15.0. The standard InChI is InChI=1S/C31H48N2O3S.Na/c1-2-3-4-5-6-7-8-9-10-11-12-13-14-15-19-25-30-32-28-23-20-24-29(37(34,35)36)31(28)33(30)26-27-21-17-16-18-22-27;/h16-18,20-24,30,32H,2-15,19,25-26H2,1H3,(H,34,35,36);/q;+1/p-1. The second-order valence-corrected chi connectivity index (χ2v) is 12.0. The normalized spacial score (nSPS) is 14.7. The molecular formula is C31H47N2NaO3S. The van der Waals surface area contributed by atoms with Crippen molar-refractivity contribution in [1.82, 2.24) is 0 Å². The predicted octanol–water partition coefficient (Wildman–Crippen LogP) is 5.61. The summed E-state index contributed by atoms with van der Waals surface area (Å²) in [5.74, 6) is 0. The van der Waals surface area contributed by atoms with Crippen LogP contribution in [0.4, 0.5) is 11.4 Å². The van der Waals surface area contributed by atoms with Crippen molar-refractivity contribution in [2.75, 3.05) is 10.2 Å². The van der Waals surface area contributed by atoms with Crippen molar-refractivity contribution >= 4 is 21.5 Å². The summed E-state index contributed by atoms with van der Waals surface area (Å²) in [5, 5.41) is 3.49. The van der Waals surface area contributed by atoms with Crippen molar-refractivity contribution in [3.63, 3.8) is 0 Å². The summed E-state index contributed by atoms with van der Waals surface area (Å²) >= 11 is 0. The van der Waals surface area contributed by atoms with Crippen LogP contribution in [0.15, 0.2) is 53.4 Å². The maximum Gasteiger partial charge on any atom is 1.00 e. The molecule has 1 heterocycles. The number of nitrogens with one attached hydrogen (secondary N) is 1. The minimum absolute atomic E-state index is 0. The predicted molar refractivity (Wildman–Crippen MR) is 154 cm³/mol. The maximum atomic E-state index is 12.0. The van der Waals surface area contributed by atoms with Crippen LogP contribution < -0.4 is 39.8 Å². The second-order valence-electron chi connectivity index (χ2n) is 10.6. The third-order valence-corrected chi connectivity index (χ3v) is 8.40. The van der Waals surface area contributed by atoms with E-state index in [-0.39, 0.29) is 40.6 Å². The van der Waals surface area contributed by atoms with Gasteiger partial charge >= 0.3 is 29.6 Å². The van der Waals surface area contributed by atoms with Gasteiger partial charge in [-0.3, -0.25) is 0 Å². The maximum absolute atomic E-state index is 12.0. The van der Waals surface area contributed by atoms with Crippen LogP contribution >= 0.6 is 0 Å². The minimum Gasteiger partial charge on any atom is -0.744 e. The van der Waals surface area contributed by atoms with Gasteiger partial charge in [-0.05, 0) is 30.5 Å². The van der Waals surface area contributed by atoms with E-state index in [2.05, 4.69) is 17.1 Å². The van der Waals surface area contributed by atoms with E-state index in [0.29, 0.717) is 12.2 Å². The smallest absolute Gasteiger partial charge is 0.744 e. The van der Waals surface area contributed by atoms with Gasteiger partial charge in [0, 0.05) is 6.54 Å². The van der Waals surface area contributed by atoms with Gasteiger partial charge in [-0.25, -0.2) is 8.42 Å². The van der Waals surface area contributed by atoms with Gasteiger partial charge in [0.05, 0.1) is 22.4 Å². The Balaban J connectivity index is 0.00000507. The number of rotatable bonds is 19. The fraction of sp³-hybridized carbons (Fsp3) is 0.613. The van der Waals surface area contributed by atoms with E-state index < -0.39 is 10.1 Å². The Labute approximate surface area is 254 Å². The zero-order valence-corrected chi connectivity index (χ0v) is 26.6. The van der Waals surface area contributed by atoms with Crippen molar-refractivity contribution in [3.8, 4) is 0 Å². The summed E-state index contributed by atoms with van der Waals surface area (Å²) < 4.78 is 36.0. The fourth-order valence-electron chi connectivity index (χ4n) is 5.46. The molecule has 7 heteroatoms. The number of nitrogens with zero attached hydrogens (tertiary/aromatic N) is 1. The van der Waals surface area contributed by atoms with E-state index in [9.17, 15) is 13.0 Å². The largest absolute Gasteiger partial charge is 1.00 e. The summed E-state index contributed by atoms with van der Waals surface area (Å²) in [7, 11) is -4.56. The van der Waals surface area contributed by atoms with Crippen molar-refractivity contribution in [2.24, 2.45) is 0 Å². The molecule has 0 amide bonds. The Morgan fingerprint density at radius 1 is 0.737 bits per heavy atom. The third-order valence-electron chi connectivity index (χ3n) is 7.53. The molecule has 0 aromatic heterocycles. The first kappa shape index (κ1) is 33.2. The number of fused-ring (bicyclic) bond motifs is 1. The number of hydrogen-bond donors (Lipinski definition) is 1. The molecule has 0 aliphatic carbocycles. The molecule has 1 unspecified atom stereocenters. The van der Waals surface area contributed by atoms with E-state index in [1.165, 1.54) is 96.0 Å². The molecule has 206 valence electrons.